The quantitative estimate of drug-likeness (QED) is 0.378. The molecule has 2 bridgehead atoms. The number of carbonyl (C=O) groups excluding carboxylic acids is 2. The zero-order chi connectivity index (χ0) is 20.1. The lowest BCUT2D eigenvalue weighted by molar-refractivity contribution is -0.215. The molecule has 2 fully saturated rings. The van der Waals surface area contributed by atoms with Crippen molar-refractivity contribution >= 4 is 29.3 Å². The summed E-state index contributed by atoms with van der Waals surface area (Å²) in [6.45, 7) is 0. The van der Waals surface area contributed by atoms with Gasteiger partial charge in [-0.05, 0) is 30.4 Å². The number of rotatable bonds is 4. The number of nitrogens with one attached hydrogen (secondary N) is 1. The summed E-state index contributed by atoms with van der Waals surface area (Å²) >= 11 is 5.61. The first kappa shape index (κ1) is 19.5. The second kappa shape index (κ2) is 6.44. The zero-order valence-corrected chi connectivity index (χ0v) is 14.2. The van der Waals surface area contributed by atoms with Crippen LogP contribution in [0.3, 0.4) is 0 Å². The molecule has 2 saturated carbocycles. The number of carbonyl (C=O) groups is 2. The average molecular weight is 412 g/mol. The lowest BCUT2D eigenvalue weighted by Crippen LogP contribution is -2.62. The lowest BCUT2D eigenvalue weighted by Gasteiger charge is -2.42. The van der Waals surface area contributed by atoms with Crippen molar-refractivity contribution in [3.05, 3.63) is 17.3 Å². The van der Waals surface area contributed by atoms with Gasteiger partial charge in [0.15, 0.2) is 11.6 Å². The van der Waals surface area contributed by atoms with Crippen LogP contribution in [0.5, 0.6) is 0 Å². The molecule has 148 valence electrons. The van der Waals surface area contributed by atoms with Crippen LogP contribution in [0.4, 0.5) is 23.4 Å². The highest BCUT2D eigenvalue weighted by Crippen LogP contribution is 2.54. The maximum atomic E-state index is 14.0. The van der Waals surface area contributed by atoms with Crippen LogP contribution >= 0.6 is 11.6 Å². The topological polar surface area (TPSA) is 133 Å². The Morgan fingerprint density at radius 3 is 2.67 bits per heavy atom. The minimum atomic E-state index is -5.27. The summed E-state index contributed by atoms with van der Waals surface area (Å²) in [5.41, 5.74) is 9.40. The predicted molar refractivity (Wildman–Crippen MR) is 82.7 cm³/mol. The number of esters is 1. The Bertz CT molecular complexity index is 795. The first-order chi connectivity index (χ1) is 12.5. The third-order valence-corrected chi connectivity index (χ3v) is 5.19. The van der Waals surface area contributed by atoms with Gasteiger partial charge in [0.2, 0.25) is 11.2 Å². The normalized spacial score (nSPS) is 32.4. The molecule has 5 N–H and O–H groups in total. The summed E-state index contributed by atoms with van der Waals surface area (Å²) < 4.78 is 57.0. The molecule has 3 rings (SSSR count). The van der Waals surface area contributed by atoms with Crippen LogP contribution in [-0.2, 0) is 14.3 Å². The van der Waals surface area contributed by atoms with Gasteiger partial charge in [-0.1, -0.05) is 0 Å². The maximum Gasteiger partial charge on any atom is 0.490 e. The summed E-state index contributed by atoms with van der Waals surface area (Å²) in [6.07, 6.45) is -4.56. The fourth-order valence-corrected chi connectivity index (χ4v) is 4.12. The third-order valence-electron chi connectivity index (χ3n) is 5.01. The molecule has 0 saturated heterocycles. The van der Waals surface area contributed by atoms with Gasteiger partial charge in [0.25, 0.3) is 0 Å². The van der Waals surface area contributed by atoms with E-state index in [2.05, 4.69) is 15.3 Å². The second-order valence-corrected chi connectivity index (χ2v) is 6.87. The van der Waals surface area contributed by atoms with Crippen molar-refractivity contribution in [3.8, 4) is 0 Å². The number of ether oxygens (including phenoxy) is 1. The van der Waals surface area contributed by atoms with E-state index >= 15 is 0 Å². The fourth-order valence-electron chi connectivity index (χ4n) is 3.99. The Kier molecular flexibility index (Phi) is 4.67. The van der Waals surface area contributed by atoms with E-state index in [1.165, 1.54) is 0 Å². The van der Waals surface area contributed by atoms with Crippen molar-refractivity contribution in [2.45, 2.75) is 36.7 Å². The zero-order valence-electron chi connectivity index (χ0n) is 13.5. The standard InChI is InChI=1S/C14H14ClF4N5O3/c15-12-22-3-5(16)10(24-12)23-8-7(9(21)25)4-1-6(20)13(8,2-4)27-11(26)14(17,18)19/h3-4,6-8H,1-2,20H2,(H2,21,25)(H,22,23,24)/t4-,6+,7-,8+,13+/m0/s1. The summed E-state index contributed by atoms with van der Waals surface area (Å²) in [5.74, 6) is -6.37. The SMILES string of the molecule is NC(=O)[C@H]1[C@H]2C[C@@H](N)[C@](OC(=O)C(F)(F)F)(C2)[C@@H]1Nc1nc(Cl)ncc1F. The van der Waals surface area contributed by atoms with Gasteiger partial charge < -0.3 is 21.5 Å². The van der Waals surface area contributed by atoms with Crippen molar-refractivity contribution in [2.75, 3.05) is 5.32 Å². The van der Waals surface area contributed by atoms with Crippen molar-refractivity contribution < 1.29 is 31.9 Å². The van der Waals surface area contributed by atoms with Crippen LogP contribution in [-0.4, -0.2) is 45.7 Å². The molecule has 0 aliphatic heterocycles. The van der Waals surface area contributed by atoms with E-state index in [1.807, 2.05) is 0 Å². The van der Waals surface area contributed by atoms with E-state index in [4.69, 9.17) is 27.8 Å². The molecule has 2 aliphatic rings. The Morgan fingerprint density at radius 2 is 2.07 bits per heavy atom. The highest BCUT2D eigenvalue weighted by Gasteiger charge is 2.67. The molecule has 1 heterocycles. The minimum Gasteiger partial charge on any atom is -0.449 e. The number of fused-ring (bicyclic) bond motifs is 2. The number of nitrogens with zero attached hydrogens (tertiary/aromatic N) is 2. The summed E-state index contributed by atoms with van der Waals surface area (Å²) in [4.78, 5) is 30.4. The number of hydrogen-bond donors (Lipinski definition) is 3. The molecule has 1 aromatic rings. The number of nitrogens with two attached hydrogens (primary N) is 2. The highest BCUT2D eigenvalue weighted by molar-refractivity contribution is 6.28. The molecule has 1 aromatic heterocycles. The van der Waals surface area contributed by atoms with Crippen LogP contribution in [0.1, 0.15) is 12.8 Å². The van der Waals surface area contributed by atoms with Crippen molar-refractivity contribution in [3.63, 3.8) is 0 Å². The molecule has 0 aromatic carbocycles. The molecule has 8 nitrogen and oxygen atoms in total. The van der Waals surface area contributed by atoms with Gasteiger partial charge in [-0.2, -0.15) is 18.2 Å². The molecule has 1 amide bonds. The molecule has 27 heavy (non-hydrogen) atoms. The number of aromatic nitrogens is 2. The molecular weight excluding hydrogens is 398 g/mol. The van der Waals surface area contributed by atoms with Gasteiger partial charge in [0.05, 0.1) is 18.2 Å². The van der Waals surface area contributed by atoms with Crippen LogP contribution in [0.25, 0.3) is 0 Å². The van der Waals surface area contributed by atoms with Crippen LogP contribution in [0, 0.1) is 17.7 Å². The molecule has 0 spiro atoms. The fraction of sp³-hybridized carbons (Fsp3) is 0.571. The van der Waals surface area contributed by atoms with Crippen molar-refractivity contribution in [1.29, 1.82) is 0 Å². The van der Waals surface area contributed by atoms with Crippen LogP contribution < -0.4 is 16.8 Å². The highest BCUT2D eigenvalue weighted by atomic mass is 35.5. The third kappa shape index (κ3) is 3.27. The van der Waals surface area contributed by atoms with Crippen molar-refractivity contribution in [1.82, 2.24) is 9.97 Å². The molecule has 0 unspecified atom stereocenters. The smallest absolute Gasteiger partial charge is 0.449 e. The largest absolute Gasteiger partial charge is 0.490 e. The average Bonchev–Trinajstić information content (AvgIpc) is 3.01. The van der Waals surface area contributed by atoms with E-state index < -0.39 is 59.2 Å². The molecular formula is C14H14ClF4N5O3. The number of anilines is 1. The Labute approximate surface area is 154 Å². The maximum absolute atomic E-state index is 14.0. The van der Waals surface area contributed by atoms with E-state index in [0.29, 0.717) is 0 Å². The van der Waals surface area contributed by atoms with Gasteiger partial charge in [0, 0.05) is 6.04 Å². The van der Waals surface area contributed by atoms with Gasteiger partial charge in [-0.3, -0.25) is 4.79 Å². The van der Waals surface area contributed by atoms with E-state index in [9.17, 15) is 27.2 Å². The Hall–Kier alpha value is -2.21. The van der Waals surface area contributed by atoms with Gasteiger partial charge in [-0.25, -0.2) is 14.2 Å². The molecule has 13 heteroatoms. The number of alkyl halides is 3. The number of amides is 1. The summed E-state index contributed by atoms with van der Waals surface area (Å²) in [5, 5.41) is 2.16. The summed E-state index contributed by atoms with van der Waals surface area (Å²) in [7, 11) is 0. The minimum absolute atomic E-state index is 0.115. The van der Waals surface area contributed by atoms with Crippen LogP contribution in [0.2, 0.25) is 5.28 Å². The lowest BCUT2D eigenvalue weighted by atomic mass is 9.79. The van der Waals surface area contributed by atoms with E-state index in [1.54, 1.807) is 0 Å². The molecule has 5 atom stereocenters. The number of halogens is 5. The van der Waals surface area contributed by atoms with Gasteiger partial charge >= 0.3 is 12.1 Å². The van der Waals surface area contributed by atoms with E-state index in [-0.39, 0.29) is 18.1 Å². The Balaban J connectivity index is 2.01. The first-order valence-electron chi connectivity index (χ1n) is 7.75. The Morgan fingerprint density at radius 1 is 1.41 bits per heavy atom. The monoisotopic (exact) mass is 411 g/mol. The second-order valence-electron chi connectivity index (χ2n) is 6.53. The van der Waals surface area contributed by atoms with Crippen LogP contribution in [0.15, 0.2) is 6.20 Å². The number of primary amides is 1. The van der Waals surface area contributed by atoms with Gasteiger partial charge in [-0.15, -0.1) is 0 Å². The number of hydrogen-bond acceptors (Lipinski definition) is 7. The molecule has 2 aliphatic carbocycles. The first-order valence-corrected chi connectivity index (χ1v) is 8.13. The van der Waals surface area contributed by atoms with E-state index in [0.717, 1.165) is 6.20 Å². The molecule has 0 radical (unpaired) electrons. The van der Waals surface area contributed by atoms with Gasteiger partial charge in [0.1, 0.15) is 5.60 Å². The summed E-state index contributed by atoms with van der Waals surface area (Å²) in [6, 6.07) is -2.35. The van der Waals surface area contributed by atoms with Crippen molar-refractivity contribution in [2.24, 2.45) is 23.3 Å². The predicted octanol–water partition coefficient (Wildman–Crippen LogP) is 0.746.